The number of nitrogens with one attached hydrogen (secondary N) is 1. The molecular formula is C13H23NOS. The second kappa shape index (κ2) is 6.38. The molecule has 1 heterocycles. The van der Waals surface area contributed by atoms with Crippen molar-refractivity contribution in [3.05, 3.63) is 22.4 Å². The summed E-state index contributed by atoms with van der Waals surface area (Å²) in [5, 5.41) is 17.7. The Kier molecular flexibility index (Phi) is 5.46. The molecule has 0 fully saturated rings. The average molecular weight is 241 g/mol. The zero-order valence-electron chi connectivity index (χ0n) is 10.5. The SMILES string of the molecule is CCC(CC)CNCC(C)(O)c1ccsc1. The Hall–Kier alpha value is -0.380. The van der Waals surface area contributed by atoms with Gasteiger partial charge in [-0.3, -0.25) is 0 Å². The zero-order valence-corrected chi connectivity index (χ0v) is 11.3. The highest BCUT2D eigenvalue weighted by Gasteiger charge is 2.22. The van der Waals surface area contributed by atoms with E-state index in [0.717, 1.165) is 18.0 Å². The molecule has 1 atom stereocenters. The zero-order chi connectivity index (χ0) is 12.0. The van der Waals surface area contributed by atoms with Crippen LogP contribution in [-0.2, 0) is 5.60 Å². The fourth-order valence-electron chi connectivity index (χ4n) is 1.77. The third kappa shape index (κ3) is 3.89. The van der Waals surface area contributed by atoms with Crippen LogP contribution in [0.1, 0.15) is 39.2 Å². The summed E-state index contributed by atoms with van der Waals surface area (Å²) in [7, 11) is 0. The molecule has 0 aromatic carbocycles. The van der Waals surface area contributed by atoms with Gasteiger partial charge in [0.15, 0.2) is 0 Å². The van der Waals surface area contributed by atoms with Gasteiger partial charge >= 0.3 is 0 Å². The van der Waals surface area contributed by atoms with Crippen LogP contribution in [0, 0.1) is 5.92 Å². The van der Waals surface area contributed by atoms with Gasteiger partial charge in [0.05, 0.1) is 5.60 Å². The van der Waals surface area contributed by atoms with Gasteiger partial charge in [-0.2, -0.15) is 11.3 Å². The molecule has 0 spiro atoms. The Morgan fingerprint density at radius 3 is 2.62 bits per heavy atom. The maximum atomic E-state index is 10.3. The lowest BCUT2D eigenvalue weighted by molar-refractivity contribution is 0.0563. The van der Waals surface area contributed by atoms with Crippen LogP contribution in [0.25, 0.3) is 0 Å². The molecule has 2 N–H and O–H groups in total. The van der Waals surface area contributed by atoms with E-state index in [4.69, 9.17) is 0 Å². The first kappa shape index (κ1) is 13.7. The fourth-order valence-corrected chi connectivity index (χ4v) is 2.55. The van der Waals surface area contributed by atoms with Gasteiger partial charge in [-0.05, 0) is 41.8 Å². The Bertz CT molecular complexity index is 278. The number of thiophene rings is 1. The summed E-state index contributed by atoms with van der Waals surface area (Å²) in [5.41, 5.74) is 0.265. The Balaban J connectivity index is 2.37. The molecule has 92 valence electrons. The van der Waals surface area contributed by atoms with Crippen LogP contribution < -0.4 is 5.32 Å². The van der Waals surface area contributed by atoms with Crippen molar-refractivity contribution < 1.29 is 5.11 Å². The minimum atomic E-state index is -0.744. The predicted molar refractivity (Wildman–Crippen MR) is 70.8 cm³/mol. The lowest BCUT2D eigenvalue weighted by Gasteiger charge is -2.24. The van der Waals surface area contributed by atoms with Gasteiger partial charge < -0.3 is 10.4 Å². The third-order valence-electron chi connectivity index (χ3n) is 3.20. The van der Waals surface area contributed by atoms with Gasteiger partial charge in [0.25, 0.3) is 0 Å². The van der Waals surface area contributed by atoms with Gasteiger partial charge in [0.2, 0.25) is 0 Å². The van der Waals surface area contributed by atoms with Gasteiger partial charge in [-0.15, -0.1) is 0 Å². The van der Waals surface area contributed by atoms with Crippen LogP contribution in [0.5, 0.6) is 0 Å². The third-order valence-corrected chi connectivity index (χ3v) is 3.88. The van der Waals surface area contributed by atoms with E-state index in [1.54, 1.807) is 11.3 Å². The average Bonchev–Trinajstić information content (AvgIpc) is 2.78. The molecule has 0 aliphatic rings. The topological polar surface area (TPSA) is 32.3 Å². The molecule has 1 unspecified atom stereocenters. The maximum Gasteiger partial charge on any atom is 0.1000 e. The highest BCUT2D eigenvalue weighted by atomic mass is 32.1. The van der Waals surface area contributed by atoms with E-state index in [1.165, 1.54) is 12.8 Å². The van der Waals surface area contributed by atoms with E-state index in [1.807, 2.05) is 23.8 Å². The fraction of sp³-hybridized carbons (Fsp3) is 0.692. The standard InChI is InChI=1S/C13H23NOS/c1-4-11(5-2)8-14-10-13(3,15)12-6-7-16-9-12/h6-7,9,11,14-15H,4-5,8,10H2,1-3H3. The van der Waals surface area contributed by atoms with E-state index in [-0.39, 0.29) is 0 Å². The van der Waals surface area contributed by atoms with E-state index in [0.29, 0.717) is 6.54 Å². The highest BCUT2D eigenvalue weighted by molar-refractivity contribution is 7.08. The summed E-state index contributed by atoms with van der Waals surface area (Å²) in [6, 6.07) is 1.99. The van der Waals surface area contributed by atoms with Gasteiger partial charge in [0, 0.05) is 6.54 Å². The molecule has 0 radical (unpaired) electrons. The van der Waals surface area contributed by atoms with Gasteiger partial charge in [-0.1, -0.05) is 26.7 Å². The van der Waals surface area contributed by atoms with Crippen molar-refractivity contribution in [3.8, 4) is 0 Å². The largest absolute Gasteiger partial charge is 0.384 e. The summed E-state index contributed by atoms with van der Waals surface area (Å²) in [4.78, 5) is 0. The molecule has 1 aromatic rings. The summed E-state index contributed by atoms with van der Waals surface area (Å²) < 4.78 is 0. The number of rotatable bonds is 7. The van der Waals surface area contributed by atoms with Crippen molar-refractivity contribution in [1.29, 1.82) is 0 Å². The van der Waals surface area contributed by atoms with Crippen LogP contribution in [0.15, 0.2) is 16.8 Å². The molecule has 0 bridgehead atoms. The van der Waals surface area contributed by atoms with Crippen molar-refractivity contribution >= 4 is 11.3 Å². The second-order valence-electron chi connectivity index (χ2n) is 4.60. The molecular weight excluding hydrogens is 218 g/mol. The highest BCUT2D eigenvalue weighted by Crippen LogP contribution is 2.22. The molecule has 0 aliphatic carbocycles. The van der Waals surface area contributed by atoms with Crippen molar-refractivity contribution in [2.45, 2.75) is 39.2 Å². The van der Waals surface area contributed by atoms with Crippen molar-refractivity contribution in [2.24, 2.45) is 5.92 Å². The number of aliphatic hydroxyl groups is 1. The first-order chi connectivity index (χ1) is 7.60. The quantitative estimate of drug-likeness (QED) is 0.769. The molecule has 1 aromatic heterocycles. The van der Waals surface area contributed by atoms with E-state index < -0.39 is 5.60 Å². The molecule has 0 saturated carbocycles. The molecule has 16 heavy (non-hydrogen) atoms. The first-order valence-corrected chi connectivity index (χ1v) is 7.00. The monoisotopic (exact) mass is 241 g/mol. The van der Waals surface area contributed by atoms with Crippen LogP contribution in [0.2, 0.25) is 0 Å². The normalized spacial score (nSPS) is 15.3. The van der Waals surface area contributed by atoms with Gasteiger partial charge in [0.1, 0.15) is 0 Å². The Morgan fingerprint density at radius 2 is 2.12 bits per heavy atom. The summed E-state index contributed by atoms with van der Waals surface area (Å²) >= 11 is 1.63. The van der Waals surface area contributed by atoms with Crippen LogP contribution in [0.3, 0.4) is 0 Å². The predicted octanol–water partition coefficient (Wildman–Crippen LogP) is 2.98. The molecule has 2 nitrogen and oxygen atoms in total. The van der Waals surface area contributed by atoms with Crippen LogP contribution >= 0.6 is 11.3 Å². The van der Waals surface area contributed by atoms with Crippen LogP contribution in [-0.4, -0.2) is 18.2 Å². The molecule has 3 heteroatoms. The molecule has 0 aliphatic heterocycles. The van der Waals surface area contributed by atoms with E-state index in [9.17, 15) is 5.11 Å². The minimum Gasteiger partial charge on any atom is -0.384 e. The summed E-state index contributed by atoms with van der Waals surface area (Å²) in [6.45, 7) is 7.92. The Morgan fingerprint density at radius 1 is 1.44 bits per heavy atom. The van der Waals surface area contributed by atoms with Gasteiger partial charge in [-0.25, -0.2) is 0 Å². The first-order valence-electron chi connectivity index (χ1n) is 6.06. The molecule has 1 rings (SSSR count). The van der Waals surface area contributed by atoms with Crippen molar-refractivity contribution in [3.63, 3.8) is 0 Å². The van der Waals surface area contributed by atoms with Crippen molar-refractivity contribution in [2.75, 3.05) is 13.1 Å². The smallest absolute Gasteiger partial charge is 0.1000 e. The summed E-state index contributed by atoms with van der Waals surface area (Å²) in [5.74, 6) is 0.721. The van der Waals surface area contributed by atoms with Crippen molar-refractivity contribution in [1.82, 2.24) is 5.32 Å². The molecule has 0 saturated heterocycles. The molecule has 0 amide bonds. The number of hydrogen-bond donors (Lipinski definition) is 2. The maximum absolute atomic E-state index is 10.3. The van der Waals surface area contributed by atoms with E-state index >= 15 is 0 Å². The number of hydrogen-bond acceptors (Lipinski definition) is 3. The van der Waals surface area contributed by atoms with Crippen LogP contribution in [0.4, 0.5) is 0 Å². The lowest BCUT2D eigenvalue weighted by Crippen LogP contribution is -2.37. The summed E-state index contributed by atoms with van der Waals surface area (Å²) in [6.07, 6.45) is 2.40. The van der Waals surface area contributed by atoms with E-state index in [2.05, 4.69) is 19.2 Å². The lowest BCUT2D eigenvalue weighted by atomic mass is 9.98. The minimum absolute atomic E-state index is 0.625. The Labute approximate surface area is 103 Å². The second-order valence-corrected chi connectivity index (χ2v) is 5.38.